The van der Waals surface area contributed by atoms with E-state index in [9.17, 15) is 35.5 Å². The molecule has 0 saturated heterocycles. The van der Waals surface area contributed by atoms with Crippen molar-refractivity contribution < 1.29 is 54.9 Å². The molecule has 0 spiro atoms. The molecule has 6 rings (SSSR count). The van der Waals surface area contributed by atoms with Crippen molar-refractivity contribution in [3.63, 3.8) is 0 Å². The van der Waals surface area contributed by atoms with Gasteiger partial charge < -0.3 is 15.5 Å². The van der Waals surface area contributed by atoms with Crippen LogP contribution in [0.2, 0.25) is 10.2 Å². The molecule has 3 aromatic heterocycles. The summed E-state index contributed by atoms with van der Waals surface area (Å²) in [6, 6.07) is 12.1. The molecule has 0 fully saturated rings. The number of anilines is 1. The van der Waals surface area contributed by atoms with Gasteiger partial charge in [-0.2, -0.15) is 26.3 Å². The summed E-state index contributed by atoms with van der Waals surface area (Å²) in [5, 5.41) is 25.4. The number of nitrogens with zero attached hydrogens (tertiary/aromatic N) is 6. The van der Waals surface area contributed by atoms with Crippen molar-refractivity contribution in [3.8, 4) is 28.1 Å². The summed E-state index contributed by atoms with van der Waals surface area (Å²) in [5.74, 6) is -6.28. The third-order valence-electron chi connectivity index (χ3n) is 7.93. The molecular weight excluding hydrogens is 809 g/mol. The number of hydrogen-bond acceptors (Lipinski definition) is 8. The van der Waals surface area contributed by atoms with Gasteiger partial charge in [-0.3, -0.25) is 14.3 Å². The number of alkyl halides is 6. The second-order valence-electron chi connectivity index (χ2n) is 12.0. The Morgan fingerprint density at radius 2 is 1.57 bits per heavy atom. The van der Waals surface area contributed by atoms with E-state index in [0.717, 1.165) is 30.6 Å². The molecule has 56 heavy (non-hydrogen) atoms. The lowest BCUT2D eigenvalue weighted by molar-refractivity contribution is -0.193. The summed E-state index contributed by atoms with van der Waals surface area (Å²) in [5.41, 5.74) is 2.90. The lowest BCUT2D eigenvalue weighted by atomic mass is 9.95. The zero-order valence-corrected chi connectivity index (χ0v) is 29.9. The van der Waals surface area contributed by atoms with Crippen LogP contribution in [-0.2, 0) is 9.59 Å². The van der Waals surface area contributed by atoms with E-state index in [-0.39, 0.29) is 32.9 Å². The summed E-state index contributed by atoms with van der Waals surface area (Å²) in [6.07, 6.45) is -3.35. The first-order valence-corrected chi connectivity index (χ1v) is 16.7. The van der Waals surface area contributed by atoms with Crippen LogP contribution < -0.4 is 10.9 Å². The molecule has 0 saturated carbocycles. The Morgan fingerprint density at radius 1 is 0.911 bits per heavy atom. The lowest BCUT2D eigenvalue weighted by Gasteiger charge is -2.23. The van der Waals surface area contributed by atoms with E-state index in [0.29, 0.717) is 23.6 Å². The SMILES string of the molecule is C[C@@H]1CCC[C@H](n2cnc(-c3c(-n4cc(Cl)nn4)ccc(Cl)c3F)cc2=O)c2cc(ccn2)-c2cc(F)ccc2NC1.O=C(O)C(F)(F)F.O=C(O)C(F)(F)F. The van der Waals surface area contributed by atoms with Gasteiger partial charge in [0.1, 0.15) is 5.82 Å². The topological polar surface area (TPSA) is 165 Å². The molecule has 3 N–H and O–H groups in total. The third-order valence-corrected chi connectivity index (χ3v) is 8.39. The number of nitrogens with one attached hydrogen (secondary N) is 1. The minimum atomic E-state index is -5.08. The minimum absolute atomic E-state index is 0.00732. The summed E-state index contributed by atoms with van der Waals surface area (Å²) in [4.78, 5) is 40.6. The Kier molecular flexibility index (Phi) is 13.8. The molecule has 0 unspecified atom stereocenters. The number of fused-ring (bicyclic) bond motifs is 4. The summed E-state index contributed by atoms with van der Waals surface area (Å²) >= 11 is 12.0. The summed E-state index contributed by atoms with van der Waals surface area (Å²) in [6.45, 7) is 2.87. The van der Waals surface area contributed by atoms with Gasteiger partial charge in [-0.15, -0.1) is 5.10 Å². The van der Waals surface area contributed by atoms with Gasteiger partial charge >= 0.3 is 24.3 Å². The zero-order valence-electron chi connectivity index (χ0n) is 28.4. The highest BCUT2D eigenvalue weighted by atomic mass is 35.5. The molecule has 12 nitrogen and oxygen atoms in total. The van der Waals surface area contributed by atoms with Crippen molar-refractivity contribution in [2.45, 2.75) is 44.6 Å². The van der Waals surface area contributed by atoms with Crippen LogP contribution in [0.4, 0.5) is 40.8 Å². The molecule has 0 radical (unpaired) electrons. The van der Waals surface area contributed by atoms with Crippen LogP contribution in [0.25, 0.3) is 28.1 Å². The molecule has 1 aliphatic rings. The Bertz CT molecular complexity index is 2240. The van der Waals surface area contributed by atoms with Crippen molar-refractivity contribution in [1.29, 1.82) is 0 Å². The molecular formula is C34H27Cl2F8N7O5. The smallest absolute Gasteiger partial charge is 0.475 e. The van der Waals surface area contributed by atoms with Crippen molar-refractivity contribution in [2.75, 3.05) is 11.9 Å². The van der Waals surface area contributed by atoms with Crippen LogP contribution in [0.5, 0.6) is 0 Å². The molecule has 4 heterocycles. The summed E-state index contributed by atoms with van der Waals surface area (Å²) in [7, 11) is 0. The highest BCUT2D eigenvalue weighted by Gasteiger charge is 2.39. The first kappa shape index (κ1) is 43.1. The van der Waals surface area contributed by atoms with Gasteiger partial charge in [0.2, 0.25) is 0 Å². The first-order chi connectivity index (χ1) is 26.2. The highest BCUT2D eigenvalue weighted by Crippen LogP contribution is 2.35. The van der Waals surface area contributed by atoms with Crippen LogP contribution in [0.1, 0.15) is 37.9 Å². The average Bonchev–Trinajstić information content (AvgIpc) is 3.56. The molecule has 1 aliphatic heterocycles. The Balaban J connectivity index is 0.000000425. The van der Waals surface area contributed by atoms with Crippen LogP contribution in [0, 0.1) is 17.6 Å². The fourth-order valence-electron chi connectivity index (χ4n) is 5.30. The summed E-state index contributed by atoms with van der Waals surface area (Å²) < 4.78 is 96.0. The van der Waals surface area contributed by atoms with Gasteiger partial charge in [-0.1, -0.05) is 41.8 Å². The minimum Gasteiger partial charge on any atom is -0.475 e. The zero-order chi connectivity index (χ0) is 41.5. The maximum absolute atomic E-state index is 15.4. The molecule has 2 bridgehead atoms. The fourth-order valence-corrected chi connectivity index (χ4v) is 5.58. The normalized spacial score (nSPS) is 15.6. The van der Waals surface area contributed by atoms with Gasteiger partial charge in [0.05, 0.1) is 46.2 Å². The largest absolute Gasteiger partial charge is 0.490 e. The van der Waals surface area contributed by atoms with E-state index in [1.807, 2.05) is 12.1 Å². The Labute approximate surface area is 320 Å². The first-order valence-electron chi connectivity index (χ1n) is 15.9. The molecule has 298 valence electrons. The fraction of sp³-hybridized carbons (Fsp3) is 0.265. The number of aliphatic carboxylic acids is 2. The number of rotatable bonds is 3. The maximum Gasteiger partial charge on any atom is 0.490 e. The third kappa shape index (κ3) is 11.0. The quantitative estimate of drug-likeness (QED) is 0.151. The van der Waals surface area contributed by atoms with Crippen molar-refractivity contribution in [2.24, 2.45) is 5.92 Å². The number of carbonyl (C=O) groups is 2. The van der Waals surface area contributed by atoms with Crippen molar-refractivity contribution >= 4 is 40.8 Å². The van der Waals surface area contributed by atoms with Gasteiger partial charge in [0.15, 0.2) is 11.0 Å². The van der Waals surface area contributed by atoms with Gasteiger partial charge in [-0.25, -0.2) is 28.0 Å². The number of benzene rings is 2. The number of pyridine rings is 1. The molecule has 22 heteroatoms. The highest BCUT2D eigenvalue weighted by molar-refractivity contribution is 6.31. The van der Waals surface area contributed by atoms with Crippen LogP contribution in [0.15, 0.2) is 72.0 Å². The van der Waals surface area contributed by atoms with Crippen molar-refractivity contribution in [3.05, 3.63) is 105 Å². The van der Waals surface area contributed by atoms with E-state index in [1.54, 1.807) is 18.3 Å². The monoisotopic (exact) mass is 835 g/mol. The van der Waals surface area contributed by atoms with Crippen LogP contribution >= 0.6 is 23.2 Å². The van der Waals surface area contributed by atoms with E-state index in [2.05, 4.69) is 32.5 Å². The molecule has 0 aliphatic carbocycles. The Hall–Kier alpha value is -5.63. The number of aromatic nitrogens is 6. The molecule has 2 atom stereocenters. The molecule has 5 aromatic rings. The number of halogens is 10. The van der Waals surface area contributed by atoms with E-state index < -0.39 is 41.7 Å². The van der Waals surface area contributed by atoms with E-state index in [4.69, 9.17) is 43.0 Å². The lowest BCUT2D eigenvalue weighted by Crippen LogP contribution is -2.26. The second kappa shape index (κ2) is 17.9. The second-order valence-corrected chi connectivity index (χ2v) is 12.8. The number of hydrogen-bond donors (Lipinski definition) is 3. The van der Waals surface area contributed by atoms with Crippen LogP contribution in [0.3, 0.4) is 0 Å². The standard InChI is InChI=1S/C30H25Cl2F2N7O.2C2HF3O2/c1-17-3-2-4-25(23-11-18(9-10-35-23)20-12-19(33)5-7-22(20)36-14-17)40-16-37-24(13-28(40)42)29-26(8-6-21(31)30(29)34)41-15-27(32)38-39-41;2*3-2(4,5)1(6)7/h5-13,15-17,25,36H,2-4,14H2,1H3;2*(H,6,7)/t17-,25+;;/m1../s1. The number of carboxylic acid groups (broad SMARTS) is 2. The number of carboxylic acids is 2. The predicted molar refractivity (Wildman–Crippen MR) is 185 cm³/mol. The Morgan fingerprint density at radius 3 is 2.16 bits per heavy atom. The molecule has 2 aromatic carbocycles. The molecule has 0 amide bonds. The van der Waals surface area contributed by atoms with Crippen LogP contribution in [-0.4, -0.2) is 70.6 Å². The van der Waals surface area contributed by atoms with Crippen molar-refractivity contribution in [1.82, 2.24) is 29.5 Å². The van der Waals surface area contributed by atoms with E-state index in [1.165, 1.54) is 46.0 Å². The maximum atomic E-state index is 15.4. The average molecular weight is 837 g/mol. The predicted octanol–water partition coefficient (Wildman–Crippen LogP) is 8.23. The van der Waals surface area contributed by atoms with Gasteiger partial charge in [0.25, 0.3) is 5.56 Å². The van der Waals surface area contributed by atoms with E-state index >= 15 is 4.39 Å². The van der Waals surface area contributed by atoms with Gasteiger partial charge in [-0.05, 0) is 66.8 Å². The van der Waals surface area contributed by atoms with Gasteiger partial charge in [0, 0.05) is 30.1 Å².